The number of H-pyrrole nitrogens is 1. The molecule has 4 aliphatic carbocycles. The molecule has 7 rings (SSSR count). The summed E-state index contributed by atoms with van der Waals surface area (Å²) in [5, 5.41) is 54.4. The van der Waals surface area contributed by atoms with E-state index in [1.807, 2.05) is 18.2 Å². The van der Waals surface area contributed by atoms with Crippen LogP contribution in [0.15, 0.2) is 46.9 Å². The summed E-state index contributed by atoms with van der Waals surface area (Å²) in [6, 6.07) is 9.57. The molecule has 7 unspecified atom stereocenters. The van der Waals surface area contributed by atoms with Crippen molar-refractivity contribution in [2.45, 2.75) is 134 Å². The molecule has 3 aromatic rings. The fourth-order valence-corrected chi connectivity index (χ4v) is 9.36. The Morgan fingerprint density at radius 3 is 2.68 bits per heavy atom. The predicted octanol–water partition coefficient (Wildman–Crippen LogP) is 6.19. The Labute approximate surface area is 314 Å². The van der Waals surface area contributed by atoms with Gasteiger partial charge in [-0.3, -0.25) is 0 Å². The molecule has 10 nitrogen and oxygen atoms in total. The van der Waals surface area contributed by atoms with E-state index >= 15 is 0 Å². The van der Waals surface area contributed by atoms with E-state index in [2.05, 4.69) is 28.5 Å². The maximum atomic E-state index is 11.4. The van der Waals surface area contributed by atoms with Crippen molar-refractivity contribution in [2.24, 2.45) is 17.1 Å². The molecule has 9 N–H and O–H groups in total. The molecule has 10 heteroatoms. The SMILES string of the molecule is CC(O)CNCC1c2cc(C(O)COc3cc(CCc4cc(CO)c(CCCCCCC(N)CCCO)o4)ccc3O)[nH]c2C2C=CC13CCCC3C2. The van der Waals surface area contributed by atoms with Gasteiger partial charge in [0, 0.05) is 67.4 Å². The molecule has 1 aromatic carbocycles. The van der Waals surface area contributed by atoms with Crippen LogP contribution in [0.25, 0.3) is 0 Å². The fraction of sp³-hybridized carbons (Fsp3) is 0.628. The zero-order valence-corrected chi connectivity index (χ0v) is 31.6. The van der Waals surface area contributed by atoms with E-state index in [1.54, 1.807) is 13.0 Å². The number of phenolic OH excluding ortho intramolecular Hbond substituents is 1. The van der Waals surface area contributed by atoms with Crippen LogP contribution in [0.5, 0.6) is 11.5 Å². The standard InChI is InChI=1S/C43H63N3O7/c1-28(49)24-45-25-36-35-23-37(46-42(35)30-16-18-43(36)17-6-8-32(43)21-30)39(51)27-52-41-20-29(13-15-38(41)50)12-14-34-22-31(26-48)40(53-34)11-5-3-2-4-9-33(44)10-7-19-47/h13,15-16,18,20,22-23,28,30,32-33,36,39,45-51H,2-12,14,17,19,21,24-27,44H2,1H3. The van der Waals surface area contributed by atoms with Gasteiger partial charge in [0.2, 0.25) is 0 Å². The zero-order chi connectivity index (χ0) is 37.4. The van der Waals surface area contributed by atoms with Gasteiger partial charge < -0.3 is 50.7 Å². The first-order valence-corrected chi connectivity index (χ1v) is 20.2. The molecule has 1 fully saturated rings. The highest BCUT2D eigenvalue weighted by molar-refractivity contribution is 5.44. The molecule has 0 aliphatic heterocycles. The van der Waals surface area contributed by atoms with Gasteiger partial charge in [-0.1, -0.05) is 43.9 Å². The van der Waals surface area contributed by atoms with Crippen LogP contribution in [0.2, 0.25) is 0 Å². The van der Waals surface area contributed by atoms with Crippen molar-refractivity contribution in [3.05, 3.63) is 82.1 Å². The number of aromatic amines is 1. The molecule has 0 saturated heterocycles. The molecule has 2 aromatic heterocycles. The van der Waals surface area contributed by atoms with Crippen LogP contribution in [0.4, 0.5) is 0 Å². The third kappa shape index (κ3) is 9.58. The predicted molar refractivity (Wildman–Crippen MR) is 206 cm³/mol. The number of aromatic nitrogens is 1. The number of hydrogen-bond donors (Lipinski definition) is 8. The first-order valence-electron chi connectivity index (χ1n) is 20.2. The second-order valence-corrected chi connectivity index (χ2v) is 16.1. The van der Waals surface area contributed by atoms with Crippen molar-refractivity contribution in [3.63, 3.8) is 0 Å². The van der Waals surface area contributed by atoms with Crippen LogP contribution < -0.4 is 15.8 Å². The number of aryl methyl sites for hydroxylation is 3. The number of phenols is 1. The number of rotatable bonds is 22. The molecule has 292 valence electrons. The normalized spacial score (nSPS) is 23.5. The molecule has 1 spiro atoms. The highest BCUT2D eigenvalue weighted by Gasteiger charge is 2.53. The topological polar surface area (TPSA) is 177 Å². The van der Waals surface area contributed by atoms with Crippen LogP contribution in [-0.2, 0) is 25.9 Å². The maximum absolute atomic E-state index is 11.4. The van der Waals surface area contributed by atoms with E-state index in [1.165, 1.54) is 24.1 Å². The lowest BCUT2D eigenvalue weighted by molar-refractivity contribution is 0.103. The molecule has 0 radical (unpaired) electrons. The molecule has 7 atom stereocenters. The Morgan fingerprint density at radius 1 is 1.04 bits per heavy atom. The Balaban J connectivity index is 1.02. The Kier molecular flexibility index (Phi) is 13.8. The number of nitrogens with one attached hydrogen (secondary N) is 2. The van der Waals surface area contributed by atoms with Crippen molar-refractivity contribution in [1.29, 1.82) is 0 Å². The van der Waals surface area contributed by atoms with Crippen molar-refractivity contribution in [1.82, 2.24) is 10.3 Å². The summed E-state index contributed by atoms with van der Waals surface area (Å²) in [7, 11) is 0. The van der Waals surface area contributed by atoms with Gasteiger partial charge in [0.15, 0.2) is 11.5 Å². The molecular weight excluding hydrogens is 670 g/mol. The van der Waals surface area contributed by atoms with E-state index < -0.39 is 12.2 Å². The average molecular weight is 734 g/mol. The van der Waals surface area contributed by atoms with Gasteiger partial charge in [-0.15, -0.1) is 0 Å². The number of hydrogen-bond acceptors (Lipinski definition) is 9. The van der Waals surface area contributed by atoms with Gasteiger partial charge in [0.25, 0.3) is 0 Å². The minimum atomic E-state index is -0.900. The van der Waals surface area contributed by atoms with Crippen molar-refractivity contribution in [2.75, 3.05) is 26.3 Å². The maximum Gasteiger partial charge on any atom is 0.161 e. The molecule has 53 heavy (non-hydrogen) atoms. The van der Waals surface area contributed by atoms with Crippen molar-refractivity contribution in [3.8, 4) is 11.5 Å². The minimum absolute atomic E-state index is 0.00640. The lowest BCUT2D eigenvalue weighted by Crippen LogP contribution is -2.39. The Bertz CT molecular complexity index is 1630. The minimum Gasteiger partial charge on any atom is -0.504 e. The zero-order valence-electron chi connectivity index (χ0n) is 31.6. The quantitative estimate of drug-likeness (QED) is 0.0442. The van der Waals surface area contributed by atoms with Gasteiger partial charge in [-0.2, -0.15) is 0 Å². The number of aliphatic hydroxyl groups excluding tert-OH is 4. The first kappa shape index (κ1) is 39.6. The van der Waals surface area contributed by atoms with Crippen LogP contribution >= 0.6 is 0 Å². The summed E-state index contributed by atoms with van der Waals surface area (Å²) in [5.74, 6) is 3.23. The first-order chi connectivity index (χ1) is 25.7. The lowest BCUT2D eigenvalue weighted by atomic mass is 9.64. The summed E-state index contributed by atoms with van der Waals surface area (Å²) in [4.78, 5) is 3.60. The van der Waals surface area contributed by atoms with E-state index in [4.69, 9.17) is 20.0 Å². The van der Waals surface area contributed by atoms with Gasteiger partial charge in [0.1, 0.15) is 24.2 Å². The van der Waals surface area contributed by atoms with E-state index in [0.717, 1.165) is 99.1 Å². The second-order valence-electron chi connectivity index (χ2n) is 16.1. The highest BCUT2D eigenvalue weighted by Crippen LogP contribution is 2.62. The Hall–Kier alpha value is -3.12. The van der Waals surface area contributed by atoms with E-state index in [0.29, 0.717) is 37.0 Å². The molecular formula is C43H63N3O7. The van der Waals surface area contributed by atoms with Crippen LogP contribution in [0.3, 0.4) is 0 Å². The Morgan fingerprint density at radius 2 is 1.87 bits per heavy atom. The van der Waals surface area contributed by atoms with Crippen molar-refractivity contribution < 1.29 is 34.7 Å². The van der Waals surface area contributed by atoms with E-state index in [9.17, 15) is 20.4 Å². The van der Waals surface area contributed by atoms with Crippen LogP contribution in [-0.4, -0.2) is 69.0 Å². The average Bonchev–Trinajstić information content (AvgIpc) is 3.87. The number of ether oxygens (including phenoxy) is 1. The largest absolute Gasteiger partial charge is 0.504 e. The highest BCUT2D eigenvalue weighted by atomic mass is 16.5. The number of unbranched alkanes of at least 4 members (excludes halogenated alkanes) is 3. The number of furan rings is 1. The summed E-state index contributed by atoms with van der Waals surface area (Å²) in [6.45, 7) is 3.27. The monoisotopic (exact) mass is 733 g/mol. The number of nitrogens with two attached hydrogens (primary N) is 1. The van der Waals surface area contributed by atoms with Gasteiger partial charge in [0.05, 0.1) is 12.7 Å². The second kappa shape index (κ2) is 18.5. The smallest absolute Gasteiger partial charge is 0.161 e. The molecule has 2 heterocycles. The summed E-state index contributed by atoms with van der Waals surface area (Å²) < 4.78 is 12.2. The summed E-state index contributed by atoms with van der Waals surface area (Å²) in [5.41, 5.74) is 11.2. The van der Waals surface area contributed by atoms with Gasteiger partial charge in [-0.25, -0.2) is 0 Å². The fourth-order valence-electron chi connectivity index (χ4n) is 9.36. The number of benzene rings is 1. The third-order valence-corrected chi connectivity index (χ3v) is 12.2. The van der Waals surface area contributed by atoms with Gasteiger partial charge in [-0.05, 0) is 105 Å². The van der Waals surface area contributed by atoms with Crippen molar-refractivity contribution >= 4 is 0 Å². The third-order valence-electron chi connectivity index (χ3n) is 12.2. The molecule has 1 saturated carbocycles. The number of aromatic hydroxyl groups is 1. The molecule has 0 amide bonds. The van der Waals surface area contributed by atoms with Crippen LogP contribution in [0.1, 0.15) is 135 Å². The van der Waals surface area contributed by atoms with Gasteiger partial charge >= 0.3 is 0 Å². The summed E-state index contributed by atoms with van der Waals surface area (Å²) >= 11 is 0. The van der Waals surface area contributed by atoms with Crippen LogP contribution in [0, 0.1) is 11.3 Å². The summed E-state index contributed by atoms with van der Waals surface area (Å²) in [6.07, 6.45) is 17.3. The number of allylic oxidation sites excluding steroid dienone is 2. The molecule has 2 bridgehead atoms. The number of aliphatic hydroxyl groups is 4. The lowest BCUT2D eigenvalue weighted by Gasteiger charge is -2.41. The molecule has 4 aliphatic rings. The van der Waals surface area contributed by atoms with E-state index in [-0.39, 0.29) is 42.9 Å².